The van der Waals surface area contributed by atoms with E-state index in [0.29, 0.717) is 34.3 Å². The summed E-state index contributed by atoms with van der Waals surface area (Å²) in [5, 5.41) is 17.4. The van der Waals surface area contributed by atoms with Crippen LogP contribution in [0.1, 0.15) is 5.56 Å². The molecule has 0 amide bonds. The molecule has 28 heavy (non-hydrogen) atoms. The van der Waals surface area contributed by atoms with Gasteiger partial charge in [0.15, 0.2) is 23.0 Å². The number of nitrogens with zero attached hydrogens (tertiary/aromatic N) is 2. The minimum absolute atomic E-state index is 0.0173. The molecular weight excluding hydrogens is 392 g/mol. The molecule has 0 spiro atoms. The second-order valence-corrected chi connectivity index (χ2v) is 6.83. The Morgan fingerprint density at radius 2 is 1.89 bits per heavy atom. The number of benzene rings is 2. The Morgan fingerprint density at radius 1 is 1.14 bits per heavy atom. The summed E-state index contributed by atoms with van der Waals surface area (Å²) >= 11 is 5.97. The molecule has 0 bridgehead atoms. The number of nitrogens with one attached hydrogen (secondary N) is 1. The van der Waals surface area contributed by atoms with Crippen LogP contribution >= 0.6 is 11.6 Å². The van der Waals surface area contributed by atoms with Crippen LogP contribution in [0.25, 0.3) is 33.1 Å². The van der Waals surface area contributed by atoms with Crippen LogP contribution in [0.5, 0.6) is 17.2 Å². The van der Waals surface area contributed by atoms with Gasteiger partial charge in [0, 0.05) is 33.4 Å². The zero-order valence-electron chi connectivity index (χ0n) is 14.4. The molecule has 0 saturated carbocycles. The Balaban J connectivity index is 2.00. The topological polar surface area (TPSA) is 80.3 Å². The number of aromatic nitrogens is 3. The van der Waals surface area contributed by atoms with Gasteiger partial charge in [-0.25, -0.2) is 13.8 Å². The lowest BCUT2D eigenvalue weighted by Crippen LogP contribution is -2.17. The first-order valence-electron chi connectivity index (χ1n) is 8.40. The monoisotopic (exact) mass is 403 g/mol. The Kier molecular flexibility index (Phi) is 3.60. The summed E-state index contributed by atoms with van der Waals surface area (Å²) in [7, 11) is 0. The average molecular weight is 404 g/mol. The molecule has 1 aliphatic rings. The second-order valence-electron chi connectivity index (χ2n) is 6.42. The van der Waals surface area contributed by atoms with Crippen molar-refractivity contribution in [2.24, 2.45) is 0 Å². The van der Waals surface area contributed by atoms with Crippen molar-refractivity contribution in [1.29, 1.82) is 0 Å². The predicted molar refractivity (Wildman–Crippen MR) is 99.1 cm³/mol. The van der Waals surface area contributed by atoms with Crippen LogP contribution in [-0.4, -0.2) is 33.5 Å². The fourth-order valence-electron chi connectivity index (χ4n) is 3.57. The van der Waals surface area contributed by atoms with Crippen molar-refractivity contribution in [3.05, 3.63) is 40.6 Å². The first-order chi connectivity index (χ1) is 13.5. The van der Waals surface area contributed by atoms with Crippen LogP contribution in [-0.2, 0) is 0 Å². The SMILES string of the molecule is Cc1c2c(c(F)c3c(-c4cc(Cl)c(O)cc4F)nc4[nH]ncc4c13)OCCO2. The normalized spacial score (nSPS) is 13.4. The molecule has 2 N–H and O–H groups in total. The Morgan fingerprint density at radius 3 is 2.68 bits per heavy atom. The lowest BCUT2D eigenvalue weighted by Gasteiger charge is -2.23. The van der Waals surface area contributed by atoms with Crippen LogP contribution in [0.4, 0.5) is 8.78 Å². The van der Waals surface area contributed by atoms with Crippen LogP contribution < -0.4 is 9.47 Å². The van der Waals surface area contributed by atoms with Gasteiger partial charge < -0.3 is 14.6 Å². The molecule has 5 rings (SSSR count). The van der Waals surface area contributed by atoms with Gasteiger partial charge in [-0.1, -0.05) is 11.6 Å². The number of hydrogen-bond donors (Lipinski definition) is 2. The predicted octanol–water partition coefficient (Wildman–Crippen LogP) is 4.49. The fourth-order valence-corrected chi connectivity index (χ4v) is 3.74. The van der Waals surface area contributed by atoms with Crippen molar-refractivity contribution < 1.29 is 23.4 Å². The Hall–Kier alpha value is -3.13. The summed E-state index contributed by atoms with van der Waals surface area (Å²) in [4.78, 5) is 4.38. The highest BCUT2D eigenvalue weighted by molar-refractivity contribution is 6.32. The van der Waals surface area contributed by atoms with E-state index in [2.05, 4.69) is 15.2 Å². The molecule has 2 aromatic heterocycles. The van der Waals surface area contributed by atoms with E-state index in [1.165, 1.54) is 12.3 Å². The van der Waals surface area contributed by atoms with Crippen molar-refractivity contribution >= 4 is 33.4 Å². The third-order valence-corrected chi connectivity index (χ3v) is 5.11. The third-order valence-electron chi connectivity index (χ3n) is 4.81. The molecule has 142 valence electrons. The van der Waals surface area contributed by atoms with Crippen molar-refractivity contribution in [2.45, 2.75) is 6.92 Å². The van der Waals surface area contributed by atoms with Gasteiger partial charge in [0.2, 0.25) is 0 Å². The van der Waals surface area contributed by atoms with Crippen LogP contribution in [0.15, 0.2) is 18.3 Å². The number of halogens is 3. The zero-order valence-corrected chi connectivity index (χ0v) is 15.2. The first kappa shape index (κ1) is 17.0. The highest BCUT2D eigenvalue weighted by Gasteiger charge is 2.28. The summed E-state index contributed by atoms with van der Waals surface area (Å²) in [5.74, 6) is -1.64. The number of fused-ring (bicyclic) bond motifs is 4. The maximum Gasteiger partial charge on any atom is 0.198 e. The highest BCUT2D eigenvalue weighted by atomic mass is 35.5. The van der Waals surface area contributed by atoms with Gasteiger partial charge in [-0.05, 0) is 13.0 Å². The number of ether oxygens (including phenoxy) is 2. The number of pyridine rings is 1. The fraction of sp³-hybridized carbons (Fsp3) is 0.158. The van der Waals surface area contributed by atoms with Gasteiger partial charge in [-0.2, -0.15) is 5.10 Å². The standard InChI is InChI=1S/C19H12ClF2N3O3/c1-7-13-9-6-23-25-19(9)24-16(8-4-10(20)12(26)5-11(8)21)14(13)15(22)18-17(7)27-2-3-28-18/h4-6,26H,2-3H2,1H3,(H,23,24,25). The number of aryl methyl sites for hydroxylation is 1. The molecule has 0 fully saturated rings. The summed E-state index contributed by atoms with van der Waals surface area (Å²) in [6, 6.07) is 2.08. The summed E-state index contributed by atoms with van der Waals surface area (Å²) < 4.78 is 41.3. The van der Waals surface area contributed by atoms with Crippen molar-refractivity contribution in [3.63, 3.8) is 0 Å². The molecule has 0 aliphatic carbocycles. The summed E-state index contributed by atoms with van der Waals surface area (Å²) in [6.45, 7) is 2.27. The molecule has 4 aromatic rings. The van der Waals surface area contributed by atoms with Crippen LogP contribution in [0.2, 0.25) is 5.02 Å². The summed E-state index contributed by atoms with van der Waals surface area (Å²) in [6.07, 6.45) is 1.52. The van der Waals surface area contributed by atoms with E-state index in [4.69, 9.17) is 21.1 Å². The minimum Gasteiger partial charge on any atom is -0.506 e. The number of aromatic amines is 1. The average Bonchev–Trinajstić information content (AvgIpc) is 3.16. The third kappa shape index (κ3) is 2.24. The van der Waals surface area contributed by atoms with E-state index >= 15 is 4.39 Å². The highest BCUT2D eigenvalue weighted by Crippen LogP contribution is 2.47. The van der Waals surface area contributed by atoms with Gasteiger partial charge in [-0.3, -0.25) is 5.10 Å². The quantitative estimate of drug-likeness (QED) is 0.489. The molecule has 1 aliphatic heterocycles. The maximum absolute atomic E-state index is 15.5. The maximum atomic E-state index is 15.5. The minimum atomic E-state index is -0.790. The van der Waals surface area contributed by atoms with Gasteiger partial charge in [0.25, 0.3) is 0 Å². The van der Waals surface area contributed by atoms with Crippen molar-refractivity contribution in [2.75, 3.05) is 13.2 Å². The van der Waals surface area contributed by atoms with E-state index in [1.807, 2.05) is 0 Å². The number of aromatic hydroxyl groups is 1. The molecule has 0 unspecified atom stereocenters. The molecule has 6 nitrogen and oxygen atoms in total. The van der Waals surface area contributed by atoms with E-state index < -0.39 is 17.4 Å². The number of phenols is 1. The van der Waals surface area contributed by atoms with Crippen LogP contribution in [0, 0.1) is 18.6 Å². The number of phenolic OH excluding ortho intramolecular Hbond substituents is 1. The van der Waals surface area contributed by atoms with E-state index in [1.54, 1.807) is 6.92 Å². The Bertz CT molecular complexity index is 1290. The molecule has 0 saturated heterocycles. The van der Waals surface area contributed by atoms with E-state index in [0.717, 1.165) is 6.07 Å². The van der Waals surface area contributed by atoms with Crippen molar-refractivity contribution in [1.82, 2.24) is 15.2 Å². The Labute approximate surface area is 161 Å². The lowest BCUT2D eigenvalue weighted by atomic mass is 9.96. The molecule has 0 radical (unpaired) electrons. The first-order valence-corrected chi connectivity index (χ1v) is 8.78. The summed E-state index contributed by atoms with van der Waals surface area (Å²) in [5.41, 5.74) is 0.944. The van der Waals surface area contributed by atoms with E-state index in [9.17, 15) is 9.50 Å². The largest absolute Gasteiger partial charge is 0.506 e. The molecule has 3 heterocycles. The van der Waals surface area contributed by atoms with Gasteiger partial charge in [-0.15, -0.1) is 0 Å². The smallest absolute Gasteiger partial charge is 0.198 e. The second kappa shape index (κ2) is 5.93. The zero-order chi connectivity index (χ0) is 19.6. The van der Waals surface area contributed by atoms with Crippen molar-refractivity contribution in [3.8, 4) is 28.5 Å². The van der Waals surface area contributed by atoms with Gasteiger partial charge in [0.1, 0.15) is 24.8 Å². The number of H-pyrrole nitrogens is 1. The van der Waals surface area contributed by atoms with Gasteiger partial charge in [0.05, 0.1) is 16.9 Å². The molecule has 0 atom stereocenters. The molecule has 2 aromatic carbocycles. The van der Waals surface area contributed by atoms with Gasteiger partial charge >= 0.3 is 0 Å². The number of hydrogen-bond acceptors (Lipinski definition) is 5. The number of rotatable bonds is 1. The molecular formula is C19H12ClF2N3O3. The lowest BCUT2D eigenvalue weighted by molar-refractivity contribution is 0.164. The molecule has 9 heteroatoms. The van der Waals surface area contributed by atoms with E-state index in [-0.39, 0.29) is 34.0 Å². The van der Waals surface area contributed by atoms with Crippen LogP contribution in [0.3, 0.4) is 0 Å².